The van der Waals surface area contributed by atoms with Gasteiger partial charge in [-0.3, -0.25) is 0 Å². The summed E-state index contributed by atoms with van der Waals surface area (Å²) in [6, 6.07) is 0.856. The molecule has 2 saturated heterocycles. The Bertz CT molecular complexity index is 184. The highest BCUT2D eigenvalue weighted by atomic mass is 16.5. The molecule has 2 heterocycles. The van der Waals surface area contributed by atoms with E-state index in [1.165, 1.54) is 12.8 Å². The van der Waals surface area contributed by atoms with E-state index >= 15 is 0 Å². The Kier molecular flexibility index (Phi) is 2.16. The van der Waals surface area contributed by atoms with Crippen LogP contribution in [0.1, 0.15) is 46.5 Å². The summed E-state index contributed by atoms with van der Waals surface area (Å²) in [6.07, 6.45) is 4.67. The second kappa shape index (κ2) is 2.96. The third-order valence-electron chi connectivity index (χ3n) is 3.67. The molecule has 1 N–H and O–H groups in total. The Hall–Kier alpha value is -0.0800. The van der Waals surface area contributed by atoms with Gasteiger partial charge < -0.3 is 5.21 Å². The van der Waals surface area contributed by atoms with Gasteiger partial charge in [0.15, 0.2) is 0 Å². The fourth-order valence-corrected chi connectivity index (χ4v) is 3.25. The molecule has 0 spiro atoms. The Labute approximate surface area is 80.9 Å². The molecule has 2 aliphatic heterocycles. The van der Waals surface area contributed by atoms with Gasteiger partial charge >= 0.3 is 0 Å². The van der Waals surface area contributed by atoms with Crippen LogP contribution in [0.25, 0.3) is 0 Å². The summed E-state index contributed by atoms with van der Waals surface area (Å²) in [7, 11) is 0. The molecule has 2 fully saturated rings. The molecule has 2 bridgehead atoms. The van der Waals surface area contributed by atoms with Crippen LogP contribution < -0.4 is 0 Å². The van der Waals surface area contributed by atoms with E-state index in [1.807, 2.05) is 0 Å². The number of hydrogen-bond acceptors (Lipinski definition) is 2. The highest BCUT2D eigenvalue weighted by molar-refractivity contribution is 4.94. The Morgan fingerprint density at radius 3 is 2.08 bits per heavy atom. The van der Waals surface area contributed by atoms with Crippen LogP contribution in [0.5, 0.6) is 0 Å². The monoisotopic (exact) mass is 183 g/mol. The molecule has 0 aliphatic carbocycles. The molecule has 2 aliphatic rings. The molecule has 2 atom stereocenters. The molecule has 0 radical (unpaired) electrons. The van der Waals surface area contributed by atoms with Gasteiger partial charge in [0.2, 0.25) is 0 Å². The maximum absolute atomic E-state index is 9.87. The molecule has 0 aromatic rings. The van der Waals surface area contributed by atoms with Crippen molar-refractivity contribution < 1.29 is 5.21 Å². The van der Waals surface area contributed by atoms with Crippen molar-refractivity contribution >= 4 is 0 Å². The average molecular weight is 183 g/mol. The van der Waals surface area contributed by atoms with Crippen LogP contribution in [0.3, 0.4) is 0 Å². The highest BCUT2D eigenvalue weighted by Crippen LogP contribution is 2.43. The normalized spacial score (nSPS) is 44.8. The molecule has 76 valence electrons. The third-order valence-corrected chi connectivity index (χ3v) is 3.67. The lowest BCUT2D eigenvalue weighted by atomic mass is 9.69. The molecular weight excluding hydrogens is 162 g/mol. The first kappa shape index (κ1) is 9.47. The molecule has 0 aromatic heterocycles. The van der Waals surface area contributed by atoms with E-state index in [0.717, 1.165) is 18.8 Å². The van der Waals surface area contributed by atoms with Gasteiger partial charge in [0.25, 0.3) is 0 Å². The first-order valence-electron chi connectivity index (χ1n) is 5.45. The summed E-state index contributed by atoms with van der Waals surface area (Å²) in [6.45, 7) is 6.97. The SMILES string of the molecule is CC1CC2CC(C)(C)CC(C1)N2O. The van der Waals surface area contributed by atoms with E-state index < -0.39 is 0 Å². The quantitative estimate of drug-likeness (QED) is 0.624. The van der Waals surface area contributed by atoms with Gasteiger partial charge in [-0.15, -0.1) is 0 Å². The standard InChI is InChI=1S/C11H21NO/c1-8-4-9-6-11(2,3)7-10(5-8)12(9)13/h8-10,13H,4-7H2,1-3H3. The molecule has 13 heavy (non-hydrogen) atoms. The Balaban J connectivity index is 2.13. The van der Waals surface area contributed by atoms with Crippen molar-refractivity contribution in [1.29, 1.82) is 0 Å². The zero-order chi connectivity index (χ0) is 9.64. The lowest BCUT2D eigenvalue weighted by molar-refractivity contribution is -0.219. The van der Waals surface area contributed by atoms with Crippen molar-refractivity contribution in [3.8, 4) is 0 Å². The van der Waals surface area contributed by atoms with Crippen molar-refractivity contribution in [2.45, 2.75) is 58.5 Å². The van der Waals surface area contributed by atoms with E-state index in [2.05, 4.69) is 20.8 Å². The van der Waals surface area contributed by atoms with E-state index in [1.54, 1.807) is 5.06 Å². The number of hydrogen-bond donors (Lipinski definition) is 1. The first-order chi connectivity index (χ1) is 5.98. The Morgan fingerprint density at radius 2 is 1.62 bits per heavy atom. The Morgan fingerprint density at radius 1 is 1.15 bits per heavy atom. The van der Waals surface area contributed by atoms with E-state index in [0.29, 0.717) is 17.5 Å². The van der Waals surface area contributed by atoms with Crippen LogP contribution in [-0.2, 0) is 0 Å². The second-order valence-electron chi connectivity index (χ2n) is 5.84. The van der Waals surface area contributed by atoms with Gasteiger partial charge in [-0.05, 0) is 37.0 Å². The molecule has 0 aromatic carbocycles. The van der Waals surface area contributed by atoms with E-state index in [-0.39, 0.29) is 0 Å². The number of fused-ring (bicyclic) bond motifs is 2. The lowest BCUT2D eigenvalue weighted by Gasteiger charge is -2.50. The zero-order valence-corrected chi connectivity index (χ0v) is 8.95. The van der Waals surface area contributed by atoms with Gasteiger partial charge in [0, 0.05) is 12.1 Å². The predicted molar refractivity (Wildman–Crippen MR) is 52.6 cm³/mol. The minimum Gasteiger partial charge on any atom is -0.313 e. The number of nitrogens with zero attached hydrogens (tertiary/aromatic N) is 1. The second-order valence-corrected chi connectivity index (χ2v) is 5.84. The van der Waals surface area contributed by atoms with Gasteiger partial charge in [-0.2, -0.15) is 5.06 Å². The van der Waals surface area contributed by atoms with Gasteiger partial charge in [0.1, 0.15) is 0 Å². The van der Waals surface area contributed by atoms with Crippen LogP contribution in [0.15, 0.2) is 0 Å². The smallest absolute Gasteiger partial charge is 0.0361 e. The van der Waals surface area contributed by atoms with Crippen LogP contribution in [-0.4, -0.2) is 22.4 Å². The molecule has 2 heteroatoms. The molecule has 0 amide bonds. The van der Waals surface area contributed by atoms with E-state index in [4.69, 9.17) is 0 Å². The number of hydroxylamine groups is 2. The van der Waals surface area contributed by atoms with Crippen molar-refractivity contribution in [2.24, 2.45) is 11.3 Å². The van der Waals surface area contributed by atoms with Gasteiger partial charge in [0.05, 0.1) is 0 Å². The molecule has 2 nitrogen and oxygen atoms in total. The number of rotatable bonds is 0. The van der Waals surface area contributed by atoms with Gasteiger partial charge in [-0.1, -0.05) is 20.8 Å². The van der Waals surface area contributed by atoms with Crippen LogP contribution in [0.4, 0.5) is 0 Å². The number of piperidine rings is 2. The minimum atomic E-state index is 0.428. The summed E-state index contributed by atoms with van der Waals surface area (Å²) in [4.78, 5) is 0. The molecular formula is C11H21NO. The van der Waals surface area contributed by atoms with Crippen LogP contribution in [0, 0.1) is 11.3 Å². The van der Waals surface area contributed by atoms with Gasteiger partial charge in [-0.25, -0.2) is 0 Å². The molecule has 0 saturated carbocycles. The third kappa shape index (κ3) is 1.75. The van der Waals surface area contributed by atoms with Crippen LogP contribution in [0.2, 0.25) is 0 Å². The fraction of sp³-hybridized carbons (Fsp3) is 1.00. The van der Waals surface area contributed by atoms with E-state index in [9.17, 15) is 5.21 Å². The predicted octanol–water partition coefficient (Wildman–Crippen LogP) is 2.66. The summed E-state index contributed by atoms with van der Waals surface area (Å²) >= 11 is 0. The average Bonchev–Trinajstić information content (AvgIpc) is 1.94. The summed E-state index contributed by atoms with van der Waals surface area (Å²) in [5, 5.41) is 11.5. The largest absolute Gasteiger partial charge is 0.313 e. The topological polar surface area (TPSA) is 23.5 Å². The zero-order valence-electron chi connectivity index (χ0n) is 8.95. The molecule has 2 unspecified atom stereocenters. The minimum absolute atomic E-state index is 0.428. The maximum atomic E-state index is 9.87. The summed E-state index contributed by atoms with van der Waals surface area (Å²) in [5.74, 6) is 0.800. The summed E-state index contributed by atoms with van der Waals surface area (Å²) in [5.41, 5.74) is 0.439. The lowest BCUT2D eigenvalue weighted by Crippen LogP contribution is -2.54. The van der Waals surface area contributed by atoms with Crippen molar-refractivity contribution in [3.05, 3.63) is 0 Å². The molecule has 2 rings (SSSR count). The van der Waals surface area contributed by atoms with Crippen molar-refractivity contribution in [1.82, 2.24) is 5.06 Å². The van der Waals surface area contributed by atoms with Crippen LogP contribution >= 0.6 is 0 Å². The summed E-state index contributed by atoms with van der Waals surface area (Å²) < 4.78 is 0. The maximum Gasteiger partial charge on any atom is 0.0361 e. The highest BCUT2D eigenvalue weighted by Gasteiger charge is 2.43. The van der Waals surface area contributed by atoms with Crippen molar-refractivity contribution in [2.75, 3.05) is 0 Å². The first-order valence-corrected chi connectivity index (χ1v) is 5.45. The fourth-order valence-electron chi connectivity index (χ4n) is 3.25. The van der Waals surface area contributed by atoms with Crippen molar-refractivity contribution in [3.63, 3.8) is 0 Å².